The van der Waals surface area contributed by atoms with Crippen molar-refractivity contribution in [3.8, 4) is 0 Å². The predicted molar refractivity (Wildman–Crippen MR) is 71.5 cm³/mol. The van der Waals surface area contributed by atoms with E-state index in [4.69, 9.17) is 0 Å². The van der Waals surface area contributed by atoms with Crippen LogP contribution in [0.1, 0.15) is 71.6 Å². The van der Waals surface area contributed by atoms with Gasteiger partial charge in [-0.1, -0.05) is 58.8 Å². The molecule has 0 aromatic heterocycles. The second-order valence-electron chi connectivity index (χ2n) is 4.22. The van der Waals surface area contributed by atoms with Crippen LogP contribution in [-0.4, -0.2) is 42.6 Å². The number of rotatable bonds is 11. The van der Waals surface area contributed by atoms with E-state index in [0.717, 1.165) is 0 Å². The van der Waals surface area contributed by atoms with Gasteiger partial charge in [0.25, 0.3) is 0 Å². The van der Waals surface area contributed by atoms with Gasteiger partial charge in [0.15, 0.2) is 0 Å². The smallest absolute Gasteiger partial charge is 0 e. The maximum atomic E-state index is 3.45. The van der Waals surface area contributed by atoms with Gasteiger partial charge in [0, 0.05) is 29.6 Å². The van der Waals surface area contributed by atoms with Crippen LogP contribution in [0.5, 0.6) is 0 Å². The number of nitrogens with one attached hydrogen (secondary N) is 1. The van der Waals surface area contributed by atoms with Crippen molar-refractivity contribution in [3.05, 3.63) is 0 Å². The molecule has 0 amide bonds. The fraction of sp³-hybridized carbons (Fsp3) is 1.00. The minimum Gasteiger partial charge on any atom is -0.317 e. The van der Waals surface area contributed by atoms with Crippen LogP contribution in [0.3, 0.4) is 0 Å². The Hall–Kier alpha value is 0.960. The van der Waals surface area contributed by atoms with Gasteiger partial charge >= 0.3 is 0 Å². The average Bonchev–Trinajstić information content (AvgIpc) is 2.21. The second-order valence-corrected chi connectivity index (χ2v) is 4.22. The fourth-order valence-electron chi connectivity index (χ4n) is 1.69. The molecule has 0 aliphatic rings. The Kier molecular flexibility index (Phi) is 21.2. The molecule has 0 aliphatic heterocycles. The summed E-state index contributed by atoms with van der Waals surface area (Å²) in [7, 11) is 0. The average molecular weight is 222 g/mol. The van der Waals surface area contributed by atoms with E-state index in [-0.39, 0.29) is 29.6 Å². The van der Waals surface area contributed by atoms with Gasteiger partial charge in [0.2, 0.25) is 0 Å². The molecule has 0 unspecified atom stereocenters. The third-order valence-corrected chi connectivity index (χ3v) is 2.63. The molecule has 0 saturated heterocycles. The molecule has 0 fully saturated rings. The van der Waals surface area contributed by atoms with Gasteiger partial charge < -0.3 is 5.32 Å². The number of unbranched alkanes of at least 4 members (excludes halogenated alkanes) is 7. The molecular formula is C13H29NNa. The molecule has 2 heteroatoms. The molecule has 1 radical (unpaired) electrons. The summed E-state index contributed by atoms with van der Waals surface area (Å²) in [5.41, 5.74) is 0. The molecule has 0 aromatic carbocycles. The Morgan fingerprint density at radius 2 is 1.13 bits per heavy atom. The van der Waals surface area contributed by atoms with Gasteiger partial charge in [-0.3, -0.25) is 0 Å². The van der Waals surface area contributed by atoms with Gasteiger partial charge in [-0.2, -0.15) is 0 Å². The van der Waals surface area contributed by atoms with Crippen LogP contribution in [0.15, 0.2) is 0 Å². The van der Waals surface area contributed by atoms with Crippen LogP contribution < -0.4 is 5.32 Å². The van der Waals surface area contributed by atoms with Crippen molar-refractivity contribution in [1.29, 1.82) is 0 Å². The molecule has 1 N–H and O–H groups in total. The summed E-state index contributed by atoms with van der Waals surface area (Å²) < 4.78 is 0. The van der Waals surface area contributed by atoms with Crippen molar-refractivity contribution < 1.29 is 0 Å². The molecule has 0 bridgehead atoms. The minimum absolute atomic E-state index is 0. The van der Waals surface area contributed by atoms with Crippen LogP contribution >= 0.6 is 0 Å². The maximum Gasteiger partial charge on any atom is 0 e. The van der Waals surface area contributed by atoms with E-state index < -0.39 is 0 Å². The molecule has 0 atom stereocenters. The van der Waals surface area contributed by atoms with Gasteiger partial charge in [-0.05, 0) is 25.9 Å². The third-order valence-electron chi connectivity index (χ3n) is 2.63. The Bertz CT molecular complexity index is 84.5. The molecule has 0 rings (SSSR count). The maximum absolute atomic E-state index is 3.45. The molecule has 15 heavy (non-hydrogen) atoms. The summed E-state index contributed by atoms with van der Waals surface area (Å²) in [5, 5.41) is 3.45. The second kappa shape index (κ2) is 17.4. The van der Waals surface area contributed by atoms with Crippen molar-refractivity contribution in [2.45, 2.75) is 71.6 Å². The van der Waals surface area contributed by atoms with Crippen LogP contribution in [0.25, 0.3) is 0 Å². The van der Waals surface area contributed by atoms with E-state index in [0.29, 0.717) is 0 Å². The number of hydrogen-bond donors (Lipinski definition) is 1. The third kappa shape index (κ3) is 17.6. The first kappa shape index (κ1) is 18.3. The summed E-state index contributed by atoms with van der Waals surface area (Å²) in [6.07, 6.45) is 12.6. The van der Waals surface area contributed by atoms with Crippen molar-refractivity contribution >= 4 is 29.6 Å². The van der Waals surface area contributed by atoms with E-state index in [1.54, 1.807) is 0 Å². The summed E-state index contributed by atoms with van der Waals surface area (Å²) in [6, 6.07) is 0. The van der Waals surface area contributed by atoms with E-state index in [9.17, 15) is 0 Å². The van der Waals surface area contributed by atoms with Crippen LogP contribution in [-0.2, 0) is 0 Å². The van der Waals surface area contributed by atoms with Gasteiger partial charge in [-0.15, -0.1) is 0 Å². The summed E-state index contributed by atoms with van der Waals surface area (Å²) >= 11 is 0. The topological polar surface area (TPSA) is 12.0 Å². The van der Waals surface area contributed by atoms with E-state index in [1.165, 1.54) is 70.9 Å². The molecular weight excluding hydrogens is 193 g/mol. The zero-order valence-corrected chi connectivity index (χ0v) is 13.3. The monoisotopic (exact) mass is 222 g/mol. The zero-order valence-electron chi connectivity index (χ0n) is 11.3. The first-order valence-corrected chi connectivity index (χ1v) is 6.62. The van der Waals surface area contributed by atoms with Crippen LogP contribution in [0.2, 0.25) is 0 Å². The molecule has 0 spiro atoms. The van der Waals surface area contributed by atoms with Crippen LogP contribution in [0.4, 0.5) is 0 Å². The predicted octanol–water partition coefficient (Wildman–Crippen LogP) is 3.75. The first-order chi connectivity index (χ1) is 6.91. The first-order valence-electron chi connectivity index (χ1n) is 6.62. The Morgan fingerprint density at radius 3 is 1.67 bits per heavy atom. The molecule has 0 saturated carbocycles. The van der Waals surface area contributed by atoms with E-state index >= 15 is 0 Å². The molecule has 1 nitrogen and oxygen atoms in total. The zero-order chi connectivity index (χ0) is 10.5. The van der Waals surface area contributed by atoms with Crippen molar-refractivity contribution in [2.24, 2.45) is 0 Å². The minimum atomic E-state index is 0. The SMILES string of the molecule is CCCCCCCCCCNCCC.[Na]. The molecule has 0 aromatic rings. The van der Waals surface area contributed by atoms with E-state index in [1.807, 2.05) is 0 Å². The fourth-order valence-corrected chi connectivity index (χ4v) is 1.69. The Labute approximate surface area is 119 Å². The Balaban J connectivity index is 0. The van der Waals surface area contributed by atoms with Crippen LogP contribution in [0, 0.1) is 0 Å². The largest absolute Gasteiger partial charge is 0.317 e. The normalized spacial score (nSPS) is 10.0. The molecule has 87 valence electrons. The molecule has 0 aliphatic carbocycles. The van der Waals surface area contributed by atoms with Gasteiger partial charge in [0.05, 0.1) is 0 Å². The van der Waals surface area contributed by atoms with Crippen molar-refractivity contribution in [3.63, 3.8) is 0 Å². The summed E-state index contributed by atoms with van der Waals surface area (Å²) in [5.74, 6) is 0. The summed E-state index contributed by atoms with van der Waals surface area (Å²) in [4.78, 5) is 0. The Morgan fingerprint density at radius 1 is 0.600 bits per heavy atom. The molecule has 0 heterocycles. The standard InChI is InChI=1S/C13H29N.Na/c1-3-5-6-7-8-9-10-11-13-14-12-4-2;/h14H,3-13H2,1-2H3;. The van der Waals surface area contributed by atoms with E-state index in [2.05, 4.69) is 19.2 Å². The number of hydrogen-bond acceptors (Lipinski definition) is 1. The van der Waals surface area contributed by atoms with Gasteiger partial charge in [0.1, 0.15) is 0 Å². The van der Waals surface area contributed by atoms with Crippen molar-refractivity contribution in [1.82, 2.24) is 5.32 Å². The summed E-state index contributed by atoms with van der Waals surface area (Å²) in [6.45, 7) is 6.92. The van der Waals surface area contributed by atoms with Crippen molar-refractivity contribution in [2.75, 3.05) is 13.1 Å². The van der Waals surface area contributed by atoms with Gasteiger partial charge in [-0.25, -0.2) is 0 Å². The quantitative estimate of drug-likeness (QED) is 0.415.